The van der Waals surface area contributed by atoms with E-state index in [2.05, 4.69) is 26.0 Å². The summed E-state index contributed by atoms with van der Waals surface area (Å²) in [6.45, 7) is 4.26. The van der Waals surface area contributed by atoms with Crippen LogP contribution in [0, 0.1) is 13.8 Å². The van der Waals surface area contributed by atoms with Crippen LogP contribution in [0.3, 0.4) is 0 Å². The Balaban J connectivity index is 2.53. The molecule has 1 heteroatoms. The smallest absolute Gasteiger partial charge is 0.0792 e. The van der Waals surface area contributed by atoms with Gasteiger partial charge < -0.3 is 5.11 Å². The summed E-state index contributed by atoms with van der Waals surface area (Å²) in [6, 6.07) is 4.37. The molecular formula is C13H18O. The summed E-state index contributed by atoms with van der Waals surface area (Å²) in [5.74, 6) is 0. The lowest BCUT2D eigenvalue weighted by atomic mass is 9.94. The van der Waals surface area contributed by atoms with E-state index < -0.39 is 0 Å². The molecule has 2 rings (SSSR count). The highest BCUT2D eigenvalue weighted by molar-refractivity contribution is 5.40. The molecule has 1 aromatic carbocycles. The van der Waals surface area contributed by atoms with Gasteiger partial charge in [-0.05, 0) is 49.8 Å². The lowest BCUT2D eigenvalue weighted by Crippen LogP contribution is -2.01. The van der Waals surface area contributed by atoms with Gasteiger partial charge in [0.05, 0.1) is 6.10 Å². The van der Waals surface area contributed by atoms with Crippen LogP contribution < -0.4 is 0 Å². The largest absolute Gasteiger partial charge is 0.388 e. The zero-order chi connectivity index (χ0) is 10.1. The first-order valence-corrected chi connectivity index (χ1v) is 5.46. The monoisotopic (exact) mass is 190 g/mol. The fourth-order valence-electron chi connectivity index (χ4n) is 2.46. The zero-order valence-corrected chi connectivity index (χ0v) is 9.01. The molecule has 76 valence electrons. The predicted molar refractivity (Wildman–Crippen MR) is 58.4 cm³/mol. The maximum absolute atomic E-state index is 9.99. The molecular weight excluding hydrogens is 172 g/mol. The fourth-order valence-corrected chi connectivity index (χ4v) is 2.46. The predicted octanol–water partition coefficient (Wildman–Crippen LogP) is 3.06. The van der Waals surface area contributed by atoms with E-state index in [0.29, 0.717) is 0 Å². The van der Waals surface area contributed by atoms with Crippen LogP contribution in [0.2, 0.25) is 0 Å². The first kappa shape index (κ1) is 9.72. The number of aliphatic hydroxyl groups is 1. The van der Waals surface area contributed by atoms with Crippen molar-refractivity contribution in [3.05, 3.63) is 34.4 Å². The first-order valence-electron chi connectivity index (χ1n) is 5.46. The SMILES string of the molecule is Cc1cc(C)c2c(c1)C(O)CCCC2. The third-order valence-corrected chi connectivity index (χ3v) is 3.17. The van der Waals surface area contributed by atoms with Gasteiger partial charge in [0.1, 0.15) is 0 Å². The normalized spacial score (nSPS) is 21.5. The van der Waals surface area contributed by atoms with Gasteiger partial charge in [0.2, 0.25) is 0 Å². The van der Waals surface area contributed by atoms with Gasteiger partial charge in [0.15, 0.2) is 0 Å². The molecule has 1 aliphatic rings. The Morgan fingerprint density at radius 1 is 1.21 bits per heavy atom. The van der Waals surface area contributed by atoms with Crippen LogP contribution in [0.5, 0.6) is 0 Å². The number of fused-ring (bicyclic) bond motifs is 1. The van der Waals surface area contributed by atoms with Crippen molar-refractivity contribution >= 4 is 0 Å². The summed E-state index contributed by atoms with van der Waals surface area (Å²) in [5, 5.41) is 9.99. The number of hydrogen-bond acceptors (Lipinski definition) is 1. The topological polar surface area (TPSA) is 20.2 Å². The van der Waals surface area contributed by atoms with Crippen LogP contribution >= 0.6 is 0 Å². The molecule has 1 nitrogen and oxygen atoms in total. The van der Waals surface area contributed by atoms with E-state index in [-0.39, 0.29) is 6.10 Å². The van der Waals surface area contributed by atoms with E-state index in [1.165, 1.54) is 28.7 Å². The van der Waals surface area contributed by atoms with Gasteiger partial charge in [-0.15, -0.1) is 0 Å². The van der Waals surface area contributed by atoms with Crippen LogP contribution in [-0.2, 0) is 6.42 Å². The second-order valence-corrected chi connectivity index (χ2v) is 4.41. The van der Waals surface area contributed by atoms with Crippen LogP contribution in [-0.4, -0.2) is 5.11 Å². The van der Waals surface area contributed by atoms with Gasteiger partial charge in [0.25, 0.3) is 0 Å². The van der Waals surface area contributed by atoms with Gasteiger partial charge in [-0.25, -0.2) is 0 Å². The maximum Gasteiger partial charge on any atom is 0.0792 e. The zero-order valence-electron chi connectivity index (χ0n) is 9.01. The van der Waals surface area contributed by atoms with Crippen molar-refractivity contribution in [3.63, 3.8) is 0 Å². The molecule has 0 aliphatic heterocycles. The van der Waals surface area contributed by atoms with E-state index in [4.69, 9.17) is 0 Å². The highest BCUT2D eigenvalue weighted by atomic mass is 16.3. The number of rotatable bonds is 0. The third-order valence-electron chi connectivity index (χ3n) is 3.17. The molecule has 1 N–H and O–H groups in total. The van der Waals surface area contributed by atoms with Crippen molar-refractivity contribution in [2.75, 3.05) is 0 Å². The molecule has 0 aromatic heterocycles. The van der Waals surface area contributed by atoms with E-state index in [0.717, 1.165) is 19.3 Å². The molecule has 1 atom stereocenters. The van der Waals surface area contributed by atoms with Crippen molar-refractivity contribution < 1.29 is 5.11 Å². The number of hydrogen-bond donors (Lipinski definition) is 1. The molecule has 1 aromatic rings. The lowest BCUT2D eigenvalue weighted by molar-refractivity contribution is 0.166. The number of aliphatic hydroxyl groups excluding tert-OH is 1. The summed E-state index contributed by atoms with van der Waals surface area (Å²) in [7, 11) is 0. The third kappa shape index (κ3) is 1.69. The Bertz CT molecular complexity index is 341. The standard InChI is InChI=1S/C13H18O/c1-9-7-10(2)11-5-3-4-6-13(14)12(11)8-9/h7-8,13-14H,3-6H2,1-2H3. The molecule has 0 amide bonds. The molecule has 0 saturated heterocycles. The fraction of sp³-hybridized carbons (Fsp3) is 0.538. The molecule has 14 heavy (non-hydrogen) atoms. The van der Waals surface area contributed by atoms with Gasteiger partial charge in [-0.3, -0.25) is 0 Å². The molecule has 0 heterocycles. The highest BCUT2D eigenvalue weighted by Crippen LogP contribution is 2.31. The first-order chi connectivity index (χ1) is 6.68. The summed E-state index contributed by atoms with van der Waals surface area (Å²) < 4.78 is 0. The van der Waals surface area contributed by atoms with Crippen LogP contribution in [0.1, 0.15) is 47.6 Å². The van der Waals surface area contributed by atoms with E-state index in [1.807, 2.05) is 0 Å². The van der Waals surface area contributed by atoms with E-state index in [1.54, 1.807) is 0 Å². The van der Waals surface area contributed by atoms with E-state index in [9.17, 15) is 5.11 Å². The molecule has 0 spiro atoms. The molecule has 0 fully saturated rings. The van der Waals surface area contributed by atoms with Crippen LogP contribution in [0.15, 0.2) is 12.1 Å². The van der Waals surface area contributed by atoms with Gasteiger partial charge >= 0.3 is 0 Å². The lowest BCUT2D eigenvalue weighted by Gasteiger charge is -2.14. The average molecular weight is 190 g/mol. The summed E-state index contributed by atoms with van der Waals surface area (Å²) in [5.41, 5.74) is 5.18. The molecule has 1 unspecified atom stereocenters. The molecule has 0 bridgehead atoms. The summed E-state index contributed by atoms with van der Waals surface area (Å²) >= 11 is 0. The van der Waals surface area contributed by atoms with E-state index >= 15 is 0 Å². The number of aryl methyl sites for hydroxylation is 2. The summed E-state index contributed by atoms with van der Waals surface area (Å²) in [4.78, 5) is 0. The quantitative estimate of drug-likeness (QED) is 0.623. The Labute approximate surface area is 85.8 Å². The van der Waals surface area contributed by atoms with Crippen molar-refractivity contribution in [3.8, 4) is 0 Å². The Hall–Kier alpha value is -0.820. The van der Waals surface area contributed by atoms with Crippen molar-refractivity contribution in [2.45, 2.75) is 45.6 Å². The average Bonchev–Trinajstić information content (AvgIpc) is 2.29. The van der Waals surface area contributed by atoms with Gasteiger partial charge in [-0.1, -0.05) is 24.1 Å². The van der Waals surface area contributed by atoms with Crippen LogP contribution in [0.4, 0.5) is 0 Å². The maximum atomic E-state index is 9.99. The Morgan fingerprint density at radius 3 is 2.79 bits per heavy atom. The second kappa shape index (κ2) is 3.74. The van der Waals surface area contributed by atoms with Crippen LogP contribution in [0.25, 0.3) is 0 Å². The minimum atomic E-state index is -0.230. The second-order valence-electron chi connectivity index (χ2n) is 4.41. The molecule has 0 saturated carbocycles. The Morgan fingerprint density at radius 2 is 2.00 bits per heavy atom. The molecule has 1 aliphatic carbocycles. The van der Waals surface area contributed by atoms with Crippen molar-refractivity contribution in [1.29, 1.82) is 0 Å². The van der Waals surface area contributed by atoms with Gasteiger partial charge in [0, 0.05) is 0 Å². The summed E-state index contributed by atoms with van der Waals surface area (Å²) in [6.07, 6.45) is 4.20. The van der Waals surface area contributed by atoms with Crippen molar-refractivity contribution in [1.82, 2.24) is 0 Å². The highest BCUT2D eigenvalue weighted by Gasteiger charge is 2.17. The Kier molecular flexibility index (Phi) is 2.60. The minimum absolute atomic E-state index is 0.230. The van der Waals surface area contributed by atoms with Crippen molar-refractivity contribution in [2.24, 2.45) is 0 Å². The number of benzene rings is 1. The molecule has 0 radical (unpaired) electrons. The minimum Gasteiger partial charge on any atom is -0.388 e. The van der Waals surface area contributed by atoms with Gasteiger partial charge in [-0.2, -0.15) is 0 Å².